The number of rotatable bonds is 7. The lowest BCUT2D eigenvalue weighted by atomic mass is 10.1. The fraction of sp³-hybridized carbons (Fsp3) is 0.241. The second-order valence-electron chi connectivity index (χ2n) is 9.82. The molecule has 0 saturated heterocycles. The van der Waals surface area contributed by atoms with Crippen molar-refractivity contribution in [1.29, 1.82) is 0 Å². The van der Waals surface area contributed by atoms with Crippen LogP contribution >= 0.6 is 11.3 Å². The molecule has 6 rings (SSSR count). The number of anilines is 3. The highest BCUT2D eigenvalue weighted by atomic mass is 32.1. The molecule has 4 N–H and O–H groups in total. The van der Waals surface area contributed by atoms with Gasteiger partial charge >= 0.3 is 0 Å². The molecule has 40 heavy (non-hydrogen) atoms. The zero-order valence-electron chi connectivity index (χ0n) is 21.8. The number of hydrogen-bond acceptors (Lipinski definition) is 9. The topological polar surface area (TPSA) is 129 Å². The number of aliphatic hydroxyl groups excluding tert-OH is 1. The minimum atomic E-state index is -1.15. The van der Waals surface area contributed by atoms with Crippen LogP contribution in [0.15, 0.2) is 67.5 Å². The predicted octanol–water partition coefficient (Wildman–Crippen LogP) is 4.58. The molecule has 4 heterocycles. The Morgan fingerprint density at radius 3 is 2.67 bits per heavy atom. The number of nitrogens with zero attached hydrogens (tertiary/aromatic N) is 3. The molecule has 3 atom stereocenters. The Bertz CT molecular complexity index is 1610. The summed E-state index contributed by atoms with van der Waals surface area (Å²) in [6.07, 6.45) is 5.63. The molecule has 0 radical (unpaired) electrons. The lowest BCUT2D eigenvalue weighted by Gasteiger charge is -2.36. The first-order chi connectivity index (χ1) is 19.4. The van der Waals surface area contributed by atoms with Crippen LogP contribution in [0.1, 0.15) is 34.5 Å². The second-order valence-corrected chi connectivity index (χ2v) is 10.8. The van der Waals surface area contributed by atoms with Crippen molar-refractivity contribution in [2.75, 3.05) is 10.2 Å². The molecule has 0 spiro atoms. The van der Waals surface area contributed by atoms with E-state index in [0.29, 0.717) is 39.1 Å². The molecule has 1 saturated carbocycles. The van der Waals surface area contributed by atoms with Crippen LogP contribution in [0, 0.1) is 6.92 Å². The number of ether oxygens (including phenoxy) is 1. The van der Waals surface area contributed by atoms with E-state index in [-0.39, 0.29) is 23.9 Å². The van der Waals surface area contributed by atoms with Crippen molar-refractivity contribution in [3.05, 3.63) is 78.0 Å². The van der Waals surface area contributed by atoms with Gasteiger partial charge in [-0.25, -0.2) is 9.97 Å². The number of aliphatic hydroxyl groups is 1. The molecule has 1 aliphatic carbocycles. The number of carbonyl (C=O) groups excluding carboxylic acids is 2. The smallest absolute Gasteiger partial charge is 0.263 e. The van der Waals surface area contributed by atoms with Gasteiger partial charge in [-0.3, -0.25) is 14.5 Å². The second kappa shape index (κ2) is 10.6. The van der Waals surface area contributed by atoms with E-state index in [1.54, 1.807) is 17.3 Å². The minimum Gasteiger partial charge on any atom is -0.439 e. The van der Waals surface area contributed by atoms with Gasteiger partial charge in [-0.05, 0) is 56.0 Å². The molecular weight excluding hydrogens is 528 g/mol. The largest absolute Gasteiger partial charge is 0.439 e. The predicted molar refractivity (Wildman–Crippen MR) is 154 cm³/mol. The number of aromatic nitrogens is 2. The van der Waals surface area contributed by atoms with Crippen molar-refractivity contribution >= 4 is 50.4 Å². The van der Waals surface area contributed by atoms with E-state index in [9.17, 15) is 14.7 Å². The Morgan fingerprint density at radius 2 is 1.93 bits per heavy atom. The number of benzene rings is 1. The summed E-state index contributed by atoms with van der Waals surface area (Å²) in [5, 5.41) is 21.1. The molecular formula is C29H28N6O4S. The van der Waals surface area contributed by atoms with Gasteiger partial charge in [0.25, 0.3) is 5.91 Å². The van der Waals surface area contributed by atoms with Crippen LogP contribution in [-0.4, -0.2) is 45.3 Å². The fourth-order valence-corrected chi connectivity index (χ4v) is 6.32. The van der Waals surface area contributed by atoms with Crippen molar-refractivity contribution in [2.45, 2.75) is 44.6 Å². The van der Waals surface area contributed by atoms with Gasteiger partial charge in [-0.15, -0.1) is 11.3 Å². The van der Waals surface area contributed by atoms with Gasteiger partial charge in [-0.2, -0.15) is 0 Å². The van der Waals surface area contributed by atoms with E-state index >= 15 is 0 Å². The Hall–Kier alpha value is -4.48. The van der Waals surface area contributed by atoms with Gasteiger partial charge in [-0.1, -0.05) is 24.8 Å². The van der Waals surface area contributed by atoms with Gasteiger partial charge in [0.1, 0.15) is 15.5 Å². The van der Waals surface area contributed by atoms with E-state index in [2.05, 4.69) is 32.5 Å². The lowest BCUT2D eigenvalue weighted by molar-refractivity contribution is -0.117. The molecule has 1 fully saturated rings. The average molecular weight is 557 g/mol. The summed E-state index contributed by atoms with van der Waals surface area (Å²) in [5.41, 5.74) is 2.81. The Labute approximate surface area is 234 Å². The summed E-state index contributed by atoms with van der Waals surface area (Å²) in [6.45, 7) is 5.42. The zero-order valence-corrected chi connectivity index (χ0v) is 22.6. The highest BCUT2D eigenvalue weighted by Crippen LogP contribution is 2.47. The monoisotopic (exact) mass is 556 g/mol. The highest BCUT2D eigenvalue weighted by molar-refractivity contribution is 7.21. The van der Waals surface area contributed by atoms with Crippen LogP contribution in [0.2, 0.25) is 0 Å². The van der Waals surface area contributed by atoms with Crippen LogP contribution in [0.4, 0.5) is 17.1 Å². The number of carbonyl (C=O) groups is 2. The van der Waals surface area contributed by atoms with E-state index in [1.165, 1.54) is 17.4 Å². The molecule has 1 unspecified atom stereocenters. The standard InChI is InChI=1S/C29H28N6O4S/c1-3-22(36)32-17-9-10-18(14-17)33-27(37)26-25-24-20(11-12-30-28(24)40-26)35(29(38)34-25)21-15-31-23(13-16(21)2)39-19-7-5-4-6-8-19/h3-8,11-13,15,17-18,29,34,38H,1,9-10,14H2,2H3,(H,32,36)(H,33,37)/t17-,18+,29?/m1/s1. The summed E-state index contributed by atoms with van der Waals surface area (Å²) in [7, 11) is 0. The van der Waals surface area contributed by atoms with Crippen molar-refractivity contribution < 1.29 is 19.4 Å². The van der Waals surface area contributed by atoms with Crippen LogP contribution in [-0.2, 0) is 4.79 Å². The van der Waals surface area contributed by atoms with Gasteiger partial charge in [0.2, 0.25) is 18.1 Å². The summed E-state index contributed by atoms with van der Waals surface area (Å²) in [6, 6.07) is 13.0. The lowest BCUT2D eigenvalue weighted by Crippen LogP contribution is -2.41. The van der Waals surface area contributed by atoms with Crippen LogP contribution in [0.5, 0.6) is 11.6 Å². The zero-order chi connectivity index (χ0) is 27.8. The molecule has 11 heteroatoms. The molecule has 0 bridgehead atoms. The Kier molecular flexibility index (Phi) is 6.82. The van der Waals surface area contributed by atoms with E-state index in [1.807, 2.05) is 49.4 Å². The molecule has 1 aliphatic heterocycles. The van der Waals surface area contributed by atoms with Crippen LogP contribution < -0.4 is 25.6 Å². The molecule has 1 aromatic carbocycles. The fourth-order valence-electron chi connectivity index (χ4n) is 5.29. The van der Waals surface area contributed by atoms with Gasteiger partial charge < -0.3 is 25.8 Å². The van der Waals surface area contributed by atoms with Gasteiger partial charge in [0.05, 0.1) is 28.6 Å². The number of pyridine rings is 2. The minimum absolute atomic E-state index is 0.000308. The number of thiophene rings is 1. The highest BCUT2D eigenvalue weighted by Gasteiger charge is 2.34. The van der Waals surface area contributed by atoms with Crippen molar-refractivity contribution in [3.63, 3.8) is 0 Å². The maximum atomic E-state index is 13.4. The third kappa shape index (κ3) is 4.85. The maximum absolute atomic E-state index is 13.4. The normalized spacial score (nSPS) is 19.6. The van der Waals surface area contributed by atoms with Crippen LogP contribution in [0.25, 0.3) is 10.2 Å². The number of hydrogen-bond donors (Lipinski definition) is 4. The molecule has 2 aliphatic rings. The maximum Gasteiger partial charge on any atom is 0.263 e. The average Bonchev–Trinajstić information content (AvgIpc) is 3.55. The van der Waals surface area contributed by atoms with Gasteiger partial charge in [0.15, 0.2) is 0 Å². The van der Waals surface area contributed by atoms with Crippen LogP contribution in [0.3, 0.4) is 0 Å². The van der Waals surface area contributed by atoms with E-state index in [0.717, 1.165) is 29.5 Å². The Balaban J connectivity index is 1.26. The third-order valence-electron chi connectivity index (χ3n) is 7.14. The number of amides is 2. The van der Waals surface area contributed by atoms with E-state index in [4.69, 9.17) is 4.74 Å². The van der Waals surface area contributed by atoms with Gasteiger partial charge in [0, 0.05) is 24.3 Å². The SMILES string of the molecule is C=CC(=O)N[C@@H]1CC[C@H](NC(=O)c2sc3nccc4c3c2NC(O)N4c2cnc(Oc3ccccc3)cc2C)C1. The number of aryl methyl sites for hydroxylation is 1. The summed E-state index contributed by atoms with van der Waals surface area (Å²) >= 11 is 1.27. The quantitative estimate of drug-likeness (QED) is 0.244. The number of para-hydroxylation sites is 1. The first kappa shape index (κ1) is 25.8. The molecule has 204 valence electrons. The van der Waals surface area contributed by atoms with Crippen molar-refractivity contribution in [2.24, 2.45) is 0 Å². The summed E-state index contributed by atoms with van der Waals surface area (Å²) in [5.74, 6) is 0.676. The number of nitrogens with one attached hydrogen (secondary N) is 3. The Morgan fingerprint density at radius 1 is 1.15 bits per heavy atom. The van der Waals surface area contributed by atoms with Crippen molar-refractivity contribution in [1.82, 2.24) is 20.6 Å². The first-order valence-corrected chi connectivity index (χ1v) is 13.8. The third-order valence-corrected chi connectivity index (χ3v) is 8.23. The molecule has 3 aromatic heterocycles. The summed E-state index contributed by atoms with van der Waals surface area (Å²) < 4.78 is 5.87. The molecule has 2 amide bonds. The first-order valence-electron chi connectivity index (χ1n) is 13.0. The van der Waals surface area contributed by atoms with Crippen molar-refractivity contribution in [3.8, 4) is 11.6 Å². The summed E-state index contributed by atoms with van der Waals surface area (Å²) in [4.78, 5) is 36.9. The molecule has 10 nitrogen and oxygen atoms in total. The molecule has 4 aromatic rings. The van der Waals surface area contributed by atoms with E-state index < -0.39 is 6.35 Å².